The van der Waals surface area contributed by atoms with Crippen LogP contribution in [-0.2, 0) is 17.9 Å². The number of aliphatic hydroxyl groups is 1. The highest BCUT2D eigenvalue weighted by molar-refractivity contribution is 5.21. The molecule has 1 aliphatic rings. The number of hydrogen-bond donors (Lipinski definition) is 1. The third-order valence-corrected chi connectivity index (χ3v) is 3.98. The van der Waals surface area contributed by atoms with Gasteiger partial charge in [0.15, 0.2) is 0 Å². The van der Waals surface area contributed by atoms with Crippen LogP contribution in [0, 0.1) is 0 Å². The summed E-state index contributed by atoms with van der Waals surface area (Å²) in [5.41, 5.74) is -0.241. The monoisotopic (exact) mass is 331 g/mol. The molecule has 1 aliphatic heterocycles. The van der Waals surface area contributed by atoms with Crippen LogP contribution in [0.1, 0.15) is 25.4 Å². The molecule has 1 aromatic heterocycles. The molecule has 0 bridgehead atoms. The van der Waals surface area contributed by atoms with Gasteiger partial charge >= 0.3 is 0 Å². The first kappa shape index (κ1) is 17.0. The summed E-state index contributed by atoms with van der Waals surface area (Å²) < 4.78 is 17.6. The molecule has 0 unspecified atom stereocenters. The van der Waals surface area contributed by atoms with Gasteiger partial charge in [-0.3, -0.25) is 4.90 Å². The lowest BCUT2D eigenvalue weighted by molar-refractivity contribution is -0.148. The standard InChI is InChI=1S/C19H25NO4/c1-19(2)14-20(10-16-8-9-17(12-21)23-16)11-18(24-19)13-22-15-6-4-3-5-7-15/h3-9,18,21H,10-14H2,1-2H3/t18-/m1/s1. The quantitative estimate of drug-likeness (QED) is 0.882. The van der Waals surface area contributed by atoms with Gasteiger partial charge in [0.25, 0.3) is 0 Å². The average molecular weight is 331 g/mol. The minimum Gasteiger partial charge on any atom is -0.491 e. The van der Waals surface area contributed by atoms with Crippen molar-refractivity contribution in [2.75, 3.05) is 19.7 Å². The van der Waals surface area contributed by atoms with E-state index >= 15 is 0 Å². The highest BCUT2D eigenvalue weighted by Gasteiger charge is 2.34. The fourth-order valence-electron chi connectivity index (χ4n) is 3.14. The zero-order valence-electron chi connectivity index (χ0n) is 14.3. The van der Waals surface area contributed by atoms with E-state index in [-0.39, 0.29) is 18.3 Å². The summed E-state index contributed by atoms with van der Waals surface area (Å²) in [7, 11) is 0. The molecule has 2 heterocycles. The minimum atomic E-state index is -0.241. The van der Waals surface area contributed by atoms with Crippen LogP contribution >= 0.6 is 0 Å². The molecule has 1 N–H and O–H groups in total. The zero-order chi connectivity index (χ0) is 17.0. The maximum atomic E-state index is 9.12. The number of nitrogens with zero attached hydrogens (tertiary/aromatic N) is 1. The van der Waals surface area contributed by atoms with Gasteiger partial charge in [-0.05, 0) is 38.1 Å². The topological polar surface area (TPSA) is 55.1 Å². The summed E-state index contributed by atoms with van der Waals surface area (Å²) >= 11 is 0. The Labute approximate surface area is 142 Å². The molecule has 130 valence electrons. The van der Waals surface area contributed by atoms with Crippen LogP contribution in [0.15, 0.2) is 46.9 Å². The second-order valence-corrected chi connectivity index (χ2v) is 6.82. The third kappa shape index (κ3) is 4.60. The highest BCUT2D eigenvalue weighted by Crippen LogP contribution is 2.24. The van der Waals surface area contributed by atoms with Crippen molar-refractivity contribution in [1.82, 2.24) is 4.90 Å². The van der Waals surface area contributed by atoms with Gasteiger partial charge < -0.3 is 19.0 Å². The predicted octanol–water partition coefficient (Wildman–Crippen LogP) is 2.83. The lowest BCUT2D eigenvalue weighted by Crippen LogP contribution is -2.53. The molecule has 1 atom stereocenters. The molecule has 3 rings (SSSR count). The van der Waals surface area contributed by atoms with Gasteiger partial charge in [0.05, 0.1) is 12.1 Å². The second kappa shape index (κ2) is 7.38. The number of benzene rings is 1. The van der Waals surface area contributed by atoms with E-state index in [4.69, 9.17) is 19.0 Å². The molecule has 2 aromatic rings. The Morgan fingerprint density at radius 1 is 1.17 bits per heavy atom. The van der Waals surface area contributed by atoms with Crippen molar-refractivity contribution in [3.8, 4) is 5.75 Å². The van der Waals surface area contributed by atoms with E-state index in [0.29, 0.717) is 18.9 Å². The van der Waals surface area contributed by atoms with Crippen molar-refractivity contribution in [3.63, 3.8) is 0 Å². The second-order valence-electron chi connectivity index (χ2n) is 6.82. The van der Waals surface area contributed by atoms with Gasteiger partial charge in [-0.15, -0.1) is 0 Å². The number of para-hydroxylation sites is 1. The van der Waals surface area contributed by atoms with E-state index in [2.05, 4.69) is 18.7 Å². The predicted molar refractivity (Wildman–Crippen MR) is 90.8 cm³/mol. The highest BCUT2D eigenvalue weighted by atomic mass is 16.5. The van der Waals surface area contributed by atoms with Crippen LogP contribution in [0.25, 0.3) is 0 Å². The van der Waals surface area contributed by atoms with E-state index in [1.165, 1.54) is 0 Å². The summed E-state index contributed by atoms with van der Waals surface area (Å²) in [6.45, 7) is 6.95. The van der Waals surface area contributed by atoms with Crippen molar-refractivity contribution in [2.24, 2.45) is 0 Å². The van der Waals surface area contributed by atoms with Crippen LogP contribution in [-0.4, -0.2) is 41.4 Å². The smallest absolute Gasteiger partial charge is 0.129 e. The van der Waals surface area contributed by atoms with Crippen LogP contribution in [0.3, 0.4) is 0 Å². The maximum Gasteiger partial charge on any atom is 0.129 e. The largest absolute Gasteiger partial charge is 0.491 e. The number of morpholine rings is 1. The van der Waals surface area contributed by atoms with E-state index in [1.807, 2.05) is 42.5 Å². The number of aliphatic hydroxyl groups excluding tert-OH is 1. The van der Waals surface area contributed by atoms with Crippen molar-refractivity contribution in [3.05, 3.63) is 54.0 Å². The average Bonchev–Trinajstić information content (AvgIpc) is 3.00. The summed E-state index contributed by atoms with van der Waals surface area (Å²) in [5.74, 6) is 2.32. The Bertz CT molecular complexity index is 638. The zero-order valence-corrected chi connectivity index (χ0v) is 14.3. The van der Waals surface area contributed by atoms with Crippen molar-refractivity contribution < 1.29 is 19.0 Å². The lowest BCUT2D eigenvalue weighted by atomic mass is 10.1. The van der Waals surface area contributed by atoms with Crippen LogP contribution in [0.2, 0.25) is 0 Å². The summed E-state index contributed by atoms with van der Waals surface area (Å²) in [6.07, 6.45) is 0.00114. The number of ether oxygens (including phenoxy) is 2. The maximum absolute atomic E-state index is 9.12. The van der Waals surface area contributed by atoms with Gasteiger partial charge in [0.1, 0.15) is 36.6 Å². The summed E-state index contributed by atoms with van der Waals surface area (Å²) in [6, 6.07) is 13.5. The van der Waals surface area contributed by atoms with Crippen molar-refractivity contribution >= 4 is 0 Å². The fourth-order valence-corrected chi connectivity index (χ4v) is 3.14. The normalized spacial score (nSPS) is 20.9. The Balaban J connectivity index is 1.59. The van der Waals surface area contributed by atoms with E-state index in [0.717, 1.165) is 24.6 Å². The summed E-state index contributed by atoms with van der Waals surface area (Å²) in [4.78, 5) is 2.31. The van der Waals surface area contributed by atoms with Crippen molar-refractivity contribution in [1.29, 1.82) is 0 Å². The van der Waals surface area contributed by atoms with Gasteiger partial charge in [-0.2, -0.15) is 0 Å². The van der Waals surface area contributed by atoms with Gasteiger partial charge in [0.2, 0.25) is 0 Å². The molecule has 5 heteroatoms. The molecule has 0 radical (unpaired) electrons. The molecule has 1 saturated heterocycles. The molecule has 24 heavy (non-hydrogen) atoms. The molecule has 1 fully saturated rings. The molecule has 0 aliphatic carbocycles. The Kier molecular flexibility index (Phi) is 5.23. The van der Waals surface area contributed by atoms with Gasteiger partial charge in [-0.1, -0.05) is 18.2 Å². The molecule has 5 nitrogen and oxygen atoms in total. The Morgan fingerprint density at radius 3 is 2.62 bits per heavy atom. The number of hydrogen-bond acceptors (Lipinski definition) is 5. The Hall–Kier alpha value is -1.82. The van der Waals surface area contributed by atoms with Crippen LogP contribution in [0.5, 0.6) is 5.75 Å². The van der Waals surface area contributed by atoms with Crippen molar-refractivity contribution in [2.45, 2.75) is 38.7 Å². The SMILES string of the molecule is CC1(C)CN(Cc2ccc(CO)o2)C[C@H](COc2ccccc2)O1. The molecular weight excluding hydrogens is 306 g/mol. The van der Waals surface area contributed by atoms with E-state index in [9.17, 15) is 0 Å². The van der Waals surface area contributed by atoms with E-state index < -0.39 is 0 Å². The van der Waals surface area contributed by atoms with E-state index in [1.54, 1.807) is 0 Å². The molecule has 0 amide bonds. The molecular formula is C19H25NO4. The van der Waals surface area contributed by atoms with Crippen LogP contribution < -0.4 is 4.74 Å². The van der Waals surface area contributed by atoms with Gasteiger partial charge in [0, 0.05) is 13.1 Å². The molecule has 0 saturated carbocycles. The first-order valence-electron chi connectivity index (χ1n) is 8.30. The Morgan fingerprint density at radius 2 is 1.92 bits per heavy atom. The number of rotatable bonds is 6. The lowest BCUT2D eigenvalue weighted by Gasteiger charge is -2.42. The fraction of sp³-hybridized carbons (Fsp3) is 0.474. The first-order chi connectivity index (χ1) is 11.5. The van der Waals surface area contributed by atoms with Gasteiger partial charge in [-0.25, -0.2) is 0 Å². The number of furan rings is 1. The molecule has 1 aromatic carbocycles. The third-order valence-electron chi connectivity index (χ3n) is 3.98. The van der Waals surface area contributed by atoms with Crippen LogP contribution in [0.4, 0.5) is 0 Å². The first-order valence-corrected chi connectivity index (χ1v) is 8.30. The minimum absolute atomic E-state index is 0.00114. The molecule has 0 spiro atoms. The summed E-state index contributed by atoms with van der Waals surface area (Å²) in [5, 5.41) is 9.12.